The van der Waals surface area contributed by atoms with Crippen LogP contribution >= 0.6 is 0 Å². The van der Waals surface area contributed by atoms with Crippen molar-refractivity contribution in [1.29, 1.82) is 0 Å². The Labute approximate surface area is 158 Å². The Kier molecular flexibility index (Phi) is 5.03. The molecule has 0 aliphatic carbocycles. The molecule has 1 aliphatic heterocycles. The van der Waals surface area contributed by atoms with Crippen LogP contribution < -0.4 is 0 Å². The van der Waals surface area contributed by atoms with Crippen LogP contribution in [0.2, 0.25) is 0 Å². The maximum Gasteiger partial charge on any atom is 0.305 e. The van der Waals surface area contributed by atoms with E-state index in [1.165, 1.54) is 12.1 Å². The molecule has 1 aromatic carbocycles. The summed E-state index contributed by atoms with van der Waals surface area (Å²) in [5, 5.41) is 21.2. The minimum absolute atomic E-state index is 0.00229. The van der Waals surface area contributed by atoms with E-state index >= 15 is 0 Å². The third-order valence-electron chi connectivity index (χ3n) is 5.54. The number of rotatable bonds is 6. The molecule has 7 heteroatoms. The summed E-state index contributed by atoms with van der Waals surface area (Å²) in [6.07, 6.45) is 2.39. The van der Waals surface area contributed by atoms with Crippen LogP contribution in [-0.2, 0) is 16.7 Å². The summed E-state index contributed by atoms with van der Waals surface area (Å²) < 4.78 is 22.4. The zero-order valence-electron chi connectivity index (χ0n) is 16.3. The zero-order valence-corrected chi connectivity index (χ0v) is 16.3. The number of ether oxygens (including phenoxy) is 1. The van der Waals surface area contributed by atoms with Crippen LogP contribution in [0.15, 0.2) is 18.2 Å². The van der Waals surface area contributed by atoms with Gasteiger partial charge < -0.3 is 14.4 Å². The standard InChI is InChI=1S/C20H27FN2O4/c1-19(2,7-8-24)18-10-13-9-17(23(25)26)15(21)11-16(13)22(18)12-14-5-6-20(3,4)27-14/h9-11,14,24H,5-8,12H2,1-4H3/t14-/m0/s1. The predicted octanol–water partition coefficient (Wildman–Crippen LogP) is 4.31. The fourth-order valence-electron chi connectivity index (χ4n) is 3.99. The number of fused-ring (bicyclic) bond motifs is 1. The molecule has 0 unspecified atom stereocenters. The molecule has 2 aromatic rings. The topological polar surface area (TPSA) is 77.5 Å². The average molecular weight is 378 g/mol. The summed E-state index contributed by atoms with van der Waals surface area (Å²) in [6.45, 7) is 8.71. The Morgan fingerprint density at radius 2 is 2.11 bits per heavy atom. The third kappa shape index (κ3) is 3.84. The molecule has 1 saturated heterocycles. The number of nitro groups is 1. The van der Waals surface area contributed by atoms with Gasteiger partial charge in [-0.25, -0.2) is 0 Å². The molecule has 0 bridgehead atoms. The first-order valence-electron chi connectivity index (χ1n) is 9.30. The Balaban J connectivity index is 2.12. The minimum atomic E-state index is -0.842. The molecule has 1 aromatic heterocycles. The molecule has 0 amide bonds. The summed E-state index contributed by atoms with van der Waals surface area (Å²) in [7, 11) is 0. The van der Waals surface area contributed by atoms with Crippen LogP contribution in [0, 0.1) is 15.9 Å². The van der Waals surface area contributed by atoms with Crippen molar-refractivity contribution in [2.24, 2.45) is 0 Å². The molecular formula is C20H27FN2O4. The first kappa shape index (κ1) is 19.8. The molecule has 2 heterocycles. The summed E-state index contributed by atoms with van der Waals surface area (Å²) in [5.41, 5.74) is 0.461. The van der Waals surface area contributed by atoms with E-state index < -0.39 is 16.4 Å². The largest absolute Gasteiger partial charge is 0.396 e. The van der Waals surface area contributed by atoms with Crippen molar-refractivity contribution < 1.29 is 19.2 Å². The SMILES string of the molecule is CC1(C)CC[C@@H](Cn2c(C(C)(C)CCO)cc3cc([N+](=O)[O-])c(F)cc32)O1. The number of benzene rings is 1. The van der Waals surface area contributed by atoms with Gasteiger partial charge in [0.1, 0.15) is 0 Å². The smallest absolute Gasteiger partial charge is 0.305 e. The molecule has 148 valence electrons. The minimum Gasteiger partial charge on any atom is -0.396 e. The summed E-state index contributed by atoms with van der Waals surface area (Å²) in [5.74, 6) is -0.842. The van der Waals surface area contributed by atoms with E-state index in [1.807, 2.05) is 24.5 Å². The Morgan fingerprint density at radius 1 is 1.41 bits per heavy atom. The van der Waals surface area contributed by atoms with Gasteiger partial charge in [0.15, 0.2) is 0 Å². The maximum atomic E-state index is 14.3. The molecule has 1 atom stereocenters. The number of hydrogen-bond acceptors (Lipinski definition) is 4. The second-order valence-electron chi connectivity index (χ2n) is 8.66. The van der Waals surface area contributed by atoms with Crippen molar-refractivity contribution in [3.8, 4) is 0 Å². The van der Waals surface area contributed by atoms with Crippen molar-refractivity contribution in [3.63, 3.8) is 0 Å². The Morgan fingerprint density at radius 3 is 2.67 bits per heavy atom. The normalized spacial score (nSPS) is 19.7. The second kappa shape index (κ2) is 6.87. The van der Waals surface area contributed by atoms with Gasteiger partial charge in [-0.1, -0.05) is 13.8 Å². The van der Waals surface area contributed by atoms with E-state index in [1.54, 1.807) is 0 Å². The number of hydrogen-bond donors (Lipinski definition) is 1. The van der Waals surface area contributed by atoms with E-state index in [4.69, 9.17) is 4.74 Å². The molecule has 3 rings (SSSR count). The highest BCUT2D eigenvalue weighted by atomic mass is 19.1. The van der Waals surface area contributed by atoms with Crippen LogP contribution in [0.4, 0.5) is 10.1 Å². The molecule has 0 spiro atoms. The van der Waals surface area contributed by atoms with Crippen LogP contribution in [0.5, 0.6) is 0 Å². The summed E-state index contributed by atoms with van der Waals surface area (Å²) in [6, 6.07) is 4.41. The van der Waals surface area contributed by atoms with Gasteiger partial charge in [0.05, 0.1) is 22.1 Å². The monoisotopic (exact) mass is 378 g/mol. The van der Waals surface area contributed by atoms with E-state index in [2.05, 4.69) is 13.8 Å². The van der Waals surface area contributed by atoms with E-state index in [0.29, 0.717) is 23.9 Å². The Bertz CT molecular complexity index is 872. The number of aromatic nitrogens is 1. The van der Waals surface area contributed by atoms with Crippen molar-refractivity contribution in [3.05, 3.63) is 39.8 Å². The van der Waals surface area contributed by atoms with E-state index in [0.717, 1.165) is 18.5 Å². The highest BCUT2D eigenvalue weighted by Gasteiger charge is 2.34. The highest BCUT2D eigenvalue weighted by Crippen LogP contribution is 2.37. The summed E-state index contributed by atoms with van der Waals surface area (Å²) >= 11 is 0. The molecule has 0 saturated carbocycles. The summed E-state index contributed by atoms with van der Waals surface area (Å²) in [4.78, 5) is 10.4. The third-order valence-corrected chi connectivity index (χ3v) is 5.54. The highest BCUT2D eigenvalue weighted by molar-refractivity contribution is 5.84. The quantitative estimate of drug-likeness (QED) is 0.600. The van der Waals surface area contributed by atoms with Gasteiger partial charge in [0.25, 0.3) is 0 Å². The predicted molar refractivity (Wildman–Crippen MR) is 101 cm³/mol. The lowest BCUT2D eigenvalue weighted by atomic mass is 9.85. The van der Waals surface area contributed by atoms with E-state index in [-0.39, 0.29) is 23.7 Å². The van der Waals surface area contributed by atoms with Crippen LogP contribution in [0.1, 0.15) is 52.7 Å². The van der Waals surface area contributed by atoms with Crippen molar-refractivity contribution in [2.45, 2.75) is 70.6 Å². The lowest BCUT2D eigenvalue weighted by Gasteiger charge is -2.28. The van der Waals surface area contributed by atoms with E-state index in [9.17, 15) is 19.6 Å². The number of nitrogens with zero attached hydrogens (tertiary/aromatic N) is 2. The fourth-order valence-corrected chi connectivity index (χ4v) is 3.99. The molecule has 27 heavy (non-hydrogen) atoms. The number of aliphatic hydroxyl groups is 1. The molecule has 6 nitrogen and oxygen atoms in total. The Hall–Kier alpha value is -1.99. The average Bonchev–Trinajstić information content (AvgIpc) is 3.07. The van der Waals surface area contributed by atoms with Gasteiger partial charge in [-0.2, -0.15) is 4.39 Å². The molecule has 1 aliphatic rings. The molecule has 0 radical (unpaired) electrons. The molecular weight excluding hydrogens is 351 g/mol. The lowest BCUT2D eigenvalue weighted by Crippen LogP contribution is -2.27. The van der Waals surface area contributed by atoms with Gasteiger partial charge in [0.2, 0.25) is 5.82 Å². The zero-order chi connectivity index (χ0) is 20.0. The molecule has 1 N–H and O–H groups in total. The van der Waals surface area contributed by atoms with Crippen molar-refractivity contribution in [2.75, 3.05) is 6.61 Å². The first-order valence-corrected chi connectivity index (χ1v) is 9.30. The van der Waals surface area contributed by atoms with Gasteiger partial charge in [-0.3, -0.25) is 10.1 Å². The lowest BCUT2D eigenvalue weighted by molar-refractivity contribution is -0.387. The maximum absolute atomic E-state index is 14.3. The fraction of sp³-hybridized carbons (Fsp3) is 0.600. The van der Waals surface area contributed by atoms with Crippen molar-refractivity contribution >= 4 is 16.6 Å². The number of aliphatic hydroxyl groups excluding tert-OH is 1. The van der Waals surface area contributed by atoms with Gasteiger partial charge in [-0.05, 0) is 39.2 Å². The van der Waals surface area contributed by atoms with Crippen LogP contribution in [0.25, 0.3) is 10.9 Å². The second-order valence-corrected chi connectivity index (χ2v) is 8.66. The first-order chi connectivity index (χ1) is 12.5. The van der Waals surface area contributed by atoms with Crippen LogP contribution in [0.3, 0.4) is 0 Å². The number of nitro benzene ring substituents is 1. The van der Waals surface area contributed by atoms with Gasteiger partial charge in [0, 0.05) is 41.8 Å². The van der Waals surface area contributed by atoms with Crippen LogP contribution in [-0.4, -0.2) is 32.9 Å². The van der Waals surface area contributed by atoms with Gasteiger partial charge in [-0.15, -0.1) is 0 Å². The number of halogens is 1. The molecule has 1 fully saturated rings. The van der Waals surface area contributed by atoms with Gasteiger partial charge >= 0.3 is 5.69 Å². The van der Waals surface area contributed by atoms with Crippen molar-refractivity contribution in [1.82, 2.24) is 4.57 Å².